The maximum Gasteiger partial charge on any atom is 0.283 e. The number of Topliss-reactive ketones (excluding diaryl/α,β-unsaturated/α-hetero) is 1. The molecule has 0 bridgehead atoms. The molecule has 0 spiro atoms. The van der Waals surface area contributed by atoms with E-state index in [1.807, 2.05) is 0 Å². The van der Waals surface area contributed by atoms with Gasteiger partial charge in [0.25, 0.3) is 5.89 Å². The highest BCUT2D eigenvalue weighted by Crippen LogP contribution is 2.18. The smallest absolute Gasteiger partial charge is 0.283 e. The van der Waals surface area contributed by atoms with Crippen molar-refractivity contribution in [2.24, 2.45) is 0 Å². The number of halogens is 1. The van der Waals surface area contributed by atoms with Gasteiger partial charge in [-0.25, -0.2) is 4.39 Å². The lowest BCUT2D eigenvalue weighted by atomic mass is 10.2. The van der Waals surface area contributed by atoms with E-state index in [0.717, 1.165) is 0 Å². The molecule has 1 aromatic carbocycles. The topological polar surface area (TPSA) is 56.0 Å². The fourth-order valence-electron chi connectivity index (χ4n) is 1.10. The van der Waals surface area contributed by atoms with Crippen LogP contribution in [-0.2, 0) is 0 Å². The lowest BCUT2D eigenvalue weighted by Crippen LogP contribution is -1.90. The SMILES string of the molecule is CC(=O)c1nnc(-c2cccc(F)c2)o1. The van der Waals surface area contributed by atoms with E-state index >= 15 is 0 Å². The second-order valence-electron chi connectivity index (χ2n) is 2.98. The van der Waals surface area contributed by atoms with Crippen LogP contribution in [0.15, 0.2) is 28.7 Å². The Kier molecular flexibility index (Phi) is 2.29. The molecule has 0 atom stereocenters. The van der Waals surface area contributed by atoms with Gasteiger partial charge in [-0.3, -0.25) is 4.79 Å². The summed E-state index contributed by atoms with van der Waals surface area (Å²) in [5.41, 5.74) is 0.454. The highest BCUT2D eigenvalue weighted by Gasteiger charge is 2.11. The zero-order chi connectivity index (χ0) is 10.8. The quantitative estimate of drug-likeness (QED) is 0.706. The second-order valence-corrected chi connectivity index (χ2v) is 2.98. The minimum atomic E-state index is -0.393. The standard InChI is InChI=1S/C10H7FN2O2/c1-6(14)9-12-13-10(15-9)7-3-2-4-8(11)5-7/h2-5H,1H3. The second kappa shape index (κ2) is 3.61. The molecule has 76 valence electrons. The molecule has 0 unspecified atom stereocenters. The molecular formula is C10H7FN2O2. The van der Waals surface area contributed by atoms with Crippen molar-refractivity contribution in [3.05, 3.63) is 36.0 Å². The molecule has 0 saturated heterocycles. The first-order chi connectivity index (χ1) is 7.16. The van der Waals surface area contributed by atoms with Crippen molar-refractivity contribution in [3.8, 4) is 11.5 Å². The molecule has 1 heterocycles. The van der Waals surface area contributed by atoms with Crippen LogP contribution in [0.3, 0.4) is 0 Å². The van der Waals surface area contributed by atoms with Crippen molar-refractivity contribution in [1.29, 1.82) is 0 Å². The van der Waals surface area contributed by atoms with Crippen LogP contribution in [0.5, 0.6) is 0 Å². The highest BCUT2D eigenvalue weighted by atomic mass is 19.1. The summed E-state index contributed by atoms with van der Waals surface area (Å²) in [4.78, 5) is 10.9. The van der Waals surface area contributed by atoms with Gasteiger partial charge in [-0.1, -0.05) is 6.07 Å². The first-order valence-electron chi connectivity index (χ1n) is 4.27. The summed E-state index contributed by atoms with van der Waals surface area (Å²) in [6, 6.07) is 5.73. The van der Waals surface area contributed by atoms with Gasteiger partial charge in [-0.2, -0.15) is 0 Å². The molecule has 15 heavy (non-hydrogen) atoms. The molecule has 0 fully saturated rings. The van der Waals surface area contributed by atoms with Crippen LogP contribution in [0.2, 0.25) is 0 Å². The molecule has 2 rings (SSSR count). The summed E-state index contributed by atoms with van der Waals surface area (Å²) < 4.78 is 17.9. The molecule has 0 aliphatic rings. The van der Waals surface area contributed by atoms with Crippen molar-refractivity contribution in [1.82, 2.24) is 10.2 Å². The number of carbonyl (C=O) groups is 1. The zero-order valence-corrected chi connectivity index (χ0v) is 7.90. The van der Waals surface area contributed by atoms with Crippen LogP contribution in [0.1, 0.15) is 17.6 Å². The molecule has 4 nitrogen and oxygen atoms in total. The van der Waals surface area contributed by atoms with Crippen LogP contribution < -0.4 is 0 Å². The molecule has 2 aromatic rings. The Morgan fingerprint density at radius 3 is 2.80 bits per heavy atom. The molecule has 0 aliphatic carbocycles. The van der Waals surface area contributed by atoms with E-state index in [9.17, 15) is 9.18 Å². The number of ketones is 1. The number of aromatic nitrogens is 2. The Labute approximate surface area is 84.7 Å². The van der Waals surface area contributed by atoms with Gasteiger partial charge in [-0.15, -0.1) is 10.2 Å². The first-order valence-corrected chi connectivity index (χ1v) is 4.27. The van der Waals surface area contributed by atoms with Crippen LogP contribution in [-0.4, -0.2) is 16.0 Å². The van der Waals surface area contributed by atoms with Crippen LogP contribution in [0.25, 0.3) is 11.5 Å². The third-order valence-electron chi connectivity index (χ3n) is 1.80. The lowest BCUT2D eigenvalue weighted by Gasteiger charge is -1.93. The average Bonchev–Trinajstić information content (AvgIpc) is 2.66. The van der Waals surface area contributed by atoms with Gasteiger partial charge < -0.3 is 4.42 Å². The monoisotopic (exact) mass is 206 g/mol. The van der Waals surface area contributed by atoms with E-state index in [1.165, 1.54) is 25.1 Å². The van der Waals surface area contributed by atoms with E-state index in [0.29, 0.717) is 5.56 Å². The Morgan fingerprint density at radius 2 is 2.20 bits per heavy atom. The summed E-state index contributed by atoms with van der Waals surface area (Å²) in [7, 11) is 0. The number of rotatable bonds is 2. The predicted molar refractivity (Wildman–Crippen MR) is 49.7 cm³/mol. The van der Waals surface area contributed by atoms with Gasteiger partial charge in [0, 0.05) is 12.5 Å². The van der Waals surface area contributed by atoms with Crippen molar-refractivity contribution in [3.63, 3.8) is 0 Å². The molecule has 0 amide bonds. The van der Waals surface area contributed by atoms with Gasteiger partial charge in [-0.05, 0) is 18.2 Å². The van der Waals surface area contributed by atoms with Gasteiger partial charge >= 0.3 is 0 Å². The Balaban J connectivity index is 2.41. The summed E-state index contributed by atoms with van der Waals surface area (Å²) in [6.45, 7) is 1.32. The maximum absolute atomic E-state index is 12.9. The van der Waals surface area contributed by atoms with Crippen LogP contribution in [0, 0.1) is 5.82 Å². The van der Waals surface area contributed by atoms with Crippen molar-refractivity contribution in [2.45, 2.75) is 6.92 Å². The fraction of sp³-hybridized carbons (Fsp3) is 0.100. The molecule has 0 aliphatic heterocycles. The average molecular weight is 206 g/mol. The molecular weight excluding hydrogens is 199 g/mol. The summed E-state index contributed by atoms with van der Waals surface area (Å²) in [5, 5.41) is 7.18. The molecule has 0 radical (unpaired) electrons. The van der Waals surface area contributed by atoms with Crippen LogP contribution >= 0.6 is 0 Å². The predicted octanol–water partition coefficient (Wildman–Crippen LogP) is 2.08. The minimum absolute atomic E-state index is 0.0748. The van der Waals surface area contributed by atoms with Gasteiger partial charge in [0.15, 0.2) is 0 Å². The van der Waals surface area contributed by atoms with E-state index in [-0.39, 0.29) is 17.6 Å². The van der Waals surface area contributed by atoms with Gasteiger partial charge in [0.05, 0.1) is 0 Å². The normalized spacial score (nSPS) is 10.3. The third-order valence-corrected chi connectivity index (χ3v) is 1.80. The van der Waals surface area contributed by atoms with Gasteiger partial charge in [0.2, 0.25) is 11.7 Å². The number of carbonyl (C=O) groups excluding carboxylic acids is 1. The lowest BCUT2D eigenvalue weighted by molar-refractivity contribution is 0.0981. The van der Waals surface area contributed by atoms with E-state index in [4.69, 9.17) is 4.42 Å². The number of hydrogen-bond acceptors (Lipinski definition) is 4. The summed E-state index contributed by atoms with van der Waals surface area (Å²) >= 11 is 0. The van der Waals surface area contributed by atoms with E-state index < -0.39 is 5.82 Å². The molecule has 1 aromatic heterocycles. The van der Waals surface area contributed by atoms with E-state index in [1.54, 1.807) is 6.07 Å². The first kappa shape index (κ1) is 9.51. The van der Waals surface area contributed by atoms with Gasteiger partial charge in [0.1, 0.15) is 5.82 Å². The van der Waals surface area contributed by atoms with Crippen molar-refractivity contribution >= 4 is 5.78 Å². The van der Waals surface area contributed by atoms with Crippen molar-refractivity contribution in [2.75, 3.05) is 0 Å². The third kappa shape index (κ3) is 1.90. The molecule has 0 saturated carbocycles. The Hall–Kier alpha value is -2.04. The summed E-state index contributed by atoms with van der Waals surface area (Å²) in [5.74, 6) is -0.644. The minimum Gasteiger partial charge on any atom is -0.414 e. The highest BCUT2D eigenvalue weighted by molar-refractivity contribution is 5.89. The number of hydrogen-bond donors (Lipinski definition) is 0. The van der Waals surface area contributed by atoms with Crippen molar-refractivity contribution < 1.29 is 13.6 Å². The zero-order valence-electron chi connectivity index (χ0n) is 7.90. The Morgan fingerprint density at radius 1 is 1.40 bits per heavy atom. The molecule has 5 heteroatoms. The van der Waals surface area contributed by atoms with E-state index in [2.05, 4.69) is 10.2 Å². The fourth-order valence-corrected chi connectivity index (χ4v) is 1.10. The number of benzene rings is 1. The largest absolute Gasteiger partial charge is 0.414 e. The summed E-state index contributed by atoms with van der Waals surface area (Å²) in [6.07, 6.45) is 0. The number of nitrogens with zero attached hydrogens (tertiary/aromatic N) is 2. The Bertz CT molecular complexity index is 508. The molecule has 0 N–H and O–H groups in total. The van der Waals surface area contributed by atoms with Crippen LogP contribution in [0.4, 0.5) is 4.39 Å². The maximum atomic E-state index is 12.9.